The van der Waals surface area contributed by atoms with Crippen LogP contribution in [0.4, 0.5) is 24.7 Å². The molecule has 3 aromatic rings. The number of pyridine rings is 1. The fourth-order valence-electron chi connectivity index (χ4n) is 2.87. The molecule has 0 aliphatic rings. The summed E-state index contributed by atoms with van der Waals surface area (Å²) < 4.78 is 43.1. The van der Waals surface area contributed by atoms with Gasteiger partial charge in [-0.1, -0.05) is 13.8 Å². The molecule has 2 heterocycles. The monoisotopic (exact) mass is 404 g/mol. The molecule has 0 saturated carbocycles. The van der Waals surface area contributed by atoms with Crippen molar-refractivity contribution in [3.05, 3.63) is 35.9 Å². The van der Waals surface area contributed by atoms with Crippen LogP contribution in [-0.4, -0.2) is 32.2 Å². The molecule has 0 aliphatic carbocycles. The van der Waals surface area contributed by atoms with E-state index in [1.54, 1.807) is 0 Å². The van der Waals surface area contributed by atoms with Gasteiger partial charge >= 0.3 is 0 Å². The summed E-state index contributed by atoms with van der Waals surface area (Å²) in [4.78, 5) is 8.65. The van der Waals surface area contributed by atoms with E-state index in [0.717, 1.165) is 12.8 Å². The maximum Gasteiger partial charge on any atom is 0.204 e. The number of rotatable bonds is 7. The van der Waals surface area contributed by atoms with Crippen molar-refractivity contribution < 1.29 is 13.2 Å². The highest BCUT2D eigenvalue weighted by molar-refractivity contribution is 6.01. The molecule has 2 aromatic heterocycles. The number of fused-ring (bicyclic) bond motifs is 1. The predicted molar refractivity (Wildman–Crippen MR) is 107 cm³/mol. The van der Waals surface area contributed by atoms with Crippen LogP contribution in [-0.2, 0) is 0 Å². The number of nitrogens with zero attached hydrogens (tertiary/aromatic N) is 4. The van der Waals surface area contributed by atoms with Gasteiger partial charge in [0.25, 0.3) is 0 Å². The molecule has 0 radical (unpaired) electrons. The van der Waals surface area contributed by atoms with Crippen molar-refractivity contribution in [3.8, 4) is 11.1 Å². The van der Waals surface area contributed by atoms with E-state index in [2.05, 4.69) is 30.8 Å². The molecule has 2 unspecified atom stereocenters. The summed E-state index contributed by atoms with van der Waals surface area (Å²) in [7, 11) is 0. The number of aromatic nitrogens is 4. The minimum Gasteiger partial charge on any atom is -0.380 e. The first-order valence-electron chi connectivity index (χ1n) is 9.55. The molecule has 0 aliphatic heterocycles. The Morgan fingerprint density at radius 2 is 1.55 bits per heavy atom. The number of hydrogen-bond donors (Lipinski definition) is 2. The highest BCUT2D eigenvalue weighted by Crippen LogP contribution is 2.41. The normalized spacial score (nSPS) is 13.3. The van der Waals surface area contributed by atoms with E-state index in [9.17, 15) is 13.2 Å². The maximum atomic E-state index is 14.8. The Balaban J connectivity index is 2.40. The van der Waals surface area contributed by atoms with E-state index in [4.69, 9.17) is 0 Å². The smallest absolute Gasteiger partial charge is 0.204 e. The van der Waals surface area contributed by atoms with Gasteiger partial charge in [0.15, 0.2) is 0 Å². The molecule has 2 N–H and O–H groups in total. The van der Waals surface area contributed by atoms with Gasteiger partial charge in [0.1, 0.15) is 35.1 Å². The minimum atomic E-state index is -1.02. The first-order valence-corrected chi connectivity index (χ1v) is 9.55. The quantitative estimate of drug-likeness (QED) is 0.582. The second-order valence-electron chi connectivity index (χ2n) is 6.99. The molecule has 6 nitrogen and oxygen atoms in total. The first kappa shape index (κ1) is 20.8. The second kappa shape index (κ2) is 8.59. The summed E-state index contributed by atoms with van der Waals surface area (Å²) in [5.41, 5.74) is 0.697. The van der Waals surface area contributed by atoms with Crippen LogP contribution in [0.3, 0.4) is 0 Å². The highest BCUT2D eigenvalue weighted by atomic mass is 19.1. The van der Waals surface area contributed by atoms with E-state index in [1.165, 1.54) is 6.33 Å². The van der Waals surface area contributed by atoms with Gasteiger partial charge in [0, 0.05) is 24.2 Å². The molecule has 0 fully saturated rings. The van der Waals surface area contributed by atoms with E-state index in [0.29, 0.717) is 23.3 Å². The van der Waals surface area contributed by atoms with Gasteiger partial charge in [-0.3, -0.25) is 0 Å². The van der Waals surface area contributed by atoms with Crippen molar-refractivity contribution in [3.63, 3.8) is 0 Å². The summed E-state index contributed by atoms with van der Waals surface area (Å²) in [6.07, 6.45) is 2.75. The Kier molecular flexibility index (Phi) is 6.14. The van der Waals surface area contributed by atoms with Gasteiger partial charge in [-0.15, -0.1) is 10.2 Å². The number of anilines is 2. The van der Waals surface area contributed by atoms with Crippen LogP contribution >= 0.6 is 0 Å². The van der Waals surface area contributed by atoms with E-state index in [1.807, 2.05) is 27.7 Å². The molecule has 154 valence electrons. The molecule has 9 heteroatoms. The van der Waals surface area contributed by atoms with Gasteiger partial charge < -0.3 is 10.6 Å². The lowest BCUT2D eigenvalue weighted by Gasteiger charge is -2.23. The van der Waals surface area contributed by atoms with Crippen molar-refractivity contribution in [1.82, 2.24) is 20.2 Å². The van der Waals surface area contributed by atoms with Crippen molar-refractivity contribution in [2.45, 2.75) is 52.6 Å². The van der Waals surface area contributed by atoms with E-state index < -0.39 is 17.5 Å². The Labute approximate surface area is 167 Å². The average Bonchev–Trinajstić information content (AvgIpc) is 2.68. The summed E-state index contributed by atoms with van der Waals surface area (Å²) in [5, 5.41) is 14.2. The van der Waals surface area contributed by atoms with Crippen LogP contribution in [0.2, 0.25) is 0 Å². The zero-order valence-corrected chi connectivity index (χ0v) is 16.7. The fourth-order valence-corrected chi connectivity index (χ4v) is 2.87. The van der Waals surface area contributed by atoms with Crippen LogP contribution in [0.1, 0.15) is 40.5 Å². The Bertz CT molecular complexity index is 1000. The summed E-state index contributed by atoms with van der Waals surface area (Å²) in [5.74, 6) is -2.81. The minimum absolute atomic E-state index is 0.0302. The van der Waals surface area contributed by atoms with Gasteiger partial charge in [0.2, 0.25) is 5.65 Å². The topological polar surface area (TPSA) is 75.6 Å². The van der Waals surface area contributed by atoms with Crippen molar-refractivity contribution in [2.24, 2.45) is 0 Å². The molecular weight excluding hydrogens is 381 g/mol. The van der Waals surface area contributed by atoms with Crippen LogP contribution in [0, 0.1) is 17.5 Å². The Morgan fingerprint density at radius 1 is 0.931 bits per heavy atom. The van der Waals surface area contributed by atoms with Crippen molar-refractivity contribution >= 4 is 22.7 Å². The number of nitrogens with one attached hydrogen (secondary N) is 2. The third-order valence-electron chi connectivity index (χ3n) is 4.80. The van der Waals surface area contributed by atoms with E-state index >= 15 is 0 Å². The van der Waals surface area contributed by atoms with Crippen molar-refractivity contribution in [2.75, 3.05) is 10.6 Å². The molecule has 29 heavy (non-hydrogen) atoms. The molecule has 2 atom stereocenters. The second-order valence-corrected chi connectivity index (χ2v) is 6.99. The standard InChI is InChI=1S/C20H23F3N6/c1-5-10(3)26-17-16(15-13(22)7-12(21)8-14(15)23)19(27-11(4)6-2)28-20-18(17)24-9-25-29-20/h7-11H,5-6H2,1-4H3,(H2,26,27,28,29). The van der Waals surface area contributed by atoms with Gasteiger partial charge in [-0.25, -0.2) is 23.1 Å². The Morgan fingerprint density at radius 3 is 2.17 bits per heavy atom. The number of hydrogen-bond acceptors (Lipinski definition) is 6. The van der Waals surface area contributed by atoms with Crippen LogP contribution in [0.25, 0.3) is 22.3 Å². The molecule has 0 bridgehead atoms. The molecule has 0 spiro atoms. The average molecular weight is 404 g/mol. The zero-order chi connectivity index (χ0) is 21.1. The third-order valence-corrected chi connectivity index (χ3v) is 4.80. The van der Waals surface area contributed by atoms with Gasteiger partial charge in [-0.2, -0.15) is 0 Å². The van der Waals surface area contributed by atoms with Crippen LogP contribution in [0.15, 0.2) is 18.5 Å². The molecule has 0 amide bonds. The lowest BCUT2D eigenvalue weighted by molar-refractivity contribution is 0.548. The third kappa shape index (κ3) is 4.23. The molecule has 3 rings (SSSR count). The first-order chi connectivity index (χ1) is 13.8. The summed E-state index contributed by atoms with van der Waals surface area (Å²) in [6, 6.07) is 1.24. The summed E-state index contributed by atoms with van der Waals surface area (Å²) >= 11 is 0. The van der Waals surface area contributed by atoms with Gasteiger partial charge in [0.05, 0.1) is 16.8 Å². The zero-order valence-electron chi connectivity index (χ0n) is 16.7. The van der Waals surface area contributed by atoms with E-state index in [-0.39, 0.29) is 34.7 Å². The van der Waals surface area contributed by atoms with Crippen molar-refractivity contribution in [1.29, 1.82) is 0 Å². The molecular formula is C20H23F3N6. The lowest BCUT2D eigenvalue weighted by atomic mass is 10.0. The van der Waals surface area contributed by atoms with Crippen LogP contribution < -0.4 is 10.6 Å². The lowest BCUT2D eigenvalue weighted by Crippen LogP contribution is -2.19. The largest absolute Gasteiger partial charge is 0.380 e. The SMILES string of the molecule is CCC(C)Nc1nc2nncnc2c(NC(C)CC)c1-c1c(F)cc(F)cc1F. The maximum absolute atomic E-state index is 14.8. The molecule has 1 aromatic carbocycles. The Hall–Kier alpha value is -2.97. The van der Waals surface area contributed by atoms with Gasteiger partial charge in [-0.05, 0) is 26.7 Å². The molecule has 0 saturated heterocycles. The fraction of sp³-hybridized carbons (Fsp3) is 0.400. The predicted octanol–water partition coefficient (Wildman–Crippen LogP) is 4.92. The number of halogens is 3. The highest BCUT2D eigenvalue weighted by Gasteiger charge is 2.26. The number of benzene rings is 1. The van der Waals surface area contributed by atoms with Crippen LogP contribution in [0.5, 0.6) is 0 Å². The summed E-state index contributed by atoms with van der Waals surface area (Å²) in [6.45, 7) is 7.80.